The molecule has 1 N–H and O–H groups in total. The van der Waals surface area contributed by atoms with Crippen LogP contribution in [-0.2, 0) is 0 Å². The van der Waals surface area contributed by atoms with Crippen molar-refractivity contribution in [1.82, 2.24) is 0 Å². The molecule has 0 saturated heterocycles. The number of nitrogens with one attached hydrogen (secondary N) is 1. The zero-order chi connectivity index (χ0) is 62.7. The summed E-state index contributed by atoms with van der Waals surface area (Å²) in [4.78, 5) is 1.87. The van der Waals surface area contributed by atoms with Crippen LogP contribution in [0.15, 0.2) is 0 Å². The number of benzene rings is 4. The Morgan fingerprint density at radius 2 is 0.321 bits per heavy atom. The first-order valence-electron chi connectivity index (χ1n) is 30.1. The van der Waals surface area contributed by atoms with Gasteiger partial charge in [0, 0.05) is 0 Å². The maximum atomic E-state index is 15.4. The average Bonchev–Trinajstić information content (AvgIpc) is 0.818. The van der Waals surface area contributed by atoms with Gasteiger partial charge in [-0.1, -0.05) is 194 Å². The van der Waals surface area contributed by atoms with Crippen LogP contribution in [0.3, 0.4) is 0 Å². The van der Waals surface area contributed by atoms with E-state index in [0.29, 0.717) is 0 Å². The number of halogens is 20. The van der Waals surface area contributed by atoms with Gasteiger partial charge in [-0.05, 0) is 32.6 Å². The van der Waals surface area contributed by atoms with Gasteiger partial charge in [0.2, 0.25) is 0 Å². The fourth-order valence-electron chi connectivity index (χ4n) is 11.2. The molecule has 1 nitrogen and oxygen atoms in total. The minimum Gasteiger partial charge on any atom is -0.335 e. The molecule has 0 aliphatic rings. The summed E-state index contributed by atoms with van der Waals surface area (Å²) in [6.45, 7) is 11.2. The van der Waals surface area contributed by atoms with Crippen molar-refractivity contribution in [3.63, 3.8) is 0 Å². The van der Waals surface area contributed by atoms with Crippen LogP contribution in [-0.4, -0.2) is 25.8 Å². The zero-order valence-electron chi connectivity index (χ0n) is 48.4. The molecule has 0 amide bonds. The maximum absolute atomic E-state index is 15.4. The molecule has 0 unspecified atom stereocenters. The van der Waals surface area contributed by atoms with E-state index in [1.165, 1.54) is 225 Å². The van der Waals surface area contributed by atoms with E-state index in [9.17, 15) is 52.7 Å². The molecule has 4 rings (SSSR count). The van der Waals surface area contributed by atoms with Crippen molar-refractivity contribution in [1.29, 1.82) is 0 Å². The summed E-state index contributed by atoms with van der Waals surface area (Å²) in [6, 6.07) is 0. The van der Waals surface area contributed by atoms with E-state index in [4.69, 9.17) is 0 Å². The molecule has 0 saturated carbocycles. The Morgan fingerprint density at radius 1 is 0.190 bits per heavy atom. The first kappa shape index (κ1) is 73.8. The molecule has 0 atom stereocenters. The number of hydrogen-bond acceptors (Lipinski definition) is 0. The Labute approximate surface area is 481 Å². The highest BCUT2D eigenvalue weighted by molar-refractivity contribution is 7.20. The van der Waals surface area contributed by atoms with Gasteiger partial charge in [0.25, 0.3) is 0 Å². The van der Waals surface area contributed by atoms with E-state index in [2.05, 4.69) is 20.8 Å². The molecule has 0 aliphatic heterocycles. The first-order chi connectivity index (χ1) is 40.0. The minimum absolute atomic E-state index is 1.33. The molecule has 4 aromatic carbocycles. The second-order valence-corrected chi connectivity index (χ2v) is 22.0. The van der Waals surface area contributed by atoms with Crippen LogP contribution in [0.1, 0.15) is 226 Å². The lowest BCUT2D eigenvalue weighted by Crippen LogP contribution is -3.11. The van der Waals surface area contributed by atoms with Crippen LogP contribution in [0.25, 0.3) is 0 Å². The molecule has 0 radical (unpaired) electrons. The summed E-state index contributed by atoms with van der Waals surface area (Å²) in [5, 5.41) is 0. The van der Waals surface area contributed by atoms with Gasteiger partial charge in [-0.2, -0.15) is 0 Å². The lowest BCUT2D eigenvalue weighted by molar-refractivity contribution is -0.898. The van der Waals surface area contributed by atoms with Crippen LogP contribution >= 0.6 is 0 Å². The molecule has 4 aromatic rings. The van der Waals surface area contributed by atoms with Crippen LogP contribution in [0, 0.1) is 116 Å². The number of hydrogen-bond donors (Lipinski definition) is 1. The summed E-state index contributed by atoms with van der Waals surface area (Å²) >= 11 is 0. The van der Waals surface area contributed by atoms with Crippen molar-refractivity contribution < 1.29 is 92.7 Å². The predicted octanol–water partition coefficient (Wildman–Crippen LogP) is 18.3. The molecule has 0 bridgehead atoms. The van der Waals surface area contributed by atoms with Crippen molar-refractivity contribution in [2.24, 2.45) is 0 Å². The summed E-state index contributed by atoms with van der Waals surface area (Å²) < 4.78 is 294. The molecule has 84 heavy (non-hydrogen) atoms. The maximum Gasteiger partial charge on any atom is 0.200 e. The highest BCUT2D eigenvalue weighted by Gasteiger charge is 2.52. The minimum atomic E-state index is -7.22. The quantitative estimate of drug-likeness (QED) is 0.0149. The molecule has 0 spiro atoms. The van der Waals surface area contributed by atoms with Gasteiger partial charge in [0.15, 0.2) is 69.8 Å². The van der Waals surface area contributed by atoms with E-state index in [1.807, 2.05) is 4.90 Å². The Hall–Kier alpha value is -4.50. The SMILES string of the molecule is CCCCCCCCCCCCCCCCCC[NH+](CC)CCCCCCCCCCCCCCCCCC.Fc1c(F)c(F)c([B-](c2c(F)c(F)c(F)c(F)c2F)(c2c(F)c(F)c(F)c(F)c2F)c2c(F)c(F)c(F)c(F)c2F)c(F)c1F. The molecule has 476 valence electrons. The Balaban J connectivity index is 0.000000446. The summed E-state index contributed by atoms with van der Waals surface area (Å²) in [5.41, 5.74) is -14.3. The van der Waals surface area contributed by atoms with Crippen molar-refractivity contribution in [2.75, 3.05) is 19.6 Å². The largest absolute Gasteiger partial charge is 0.335 e. The smallest absolute Gasteiger partial charge is 0.200 e. The molecule has 22 heteroatoms. The van der Waals surface area contributed by atoms with Gasteiger partial charge in [-0.15, -0.1) is 21.9 Å². The number of quaternary nitrogens is 1. The lowest BCUT2D eigenvalue weighted by Gasteiger charge is -2.44. The van der Waals surface area contributed by atoms with Gasteiger partial charge in [-0.3, -0.25) is 0 Å². The van der Waals surface area contributed by atoms with Crippen molar-refractivity contribution >= 4 is 28.0 Å². The molecule has 0 aliphatic carbocycles. The third-order valence-electron chi connectivity index (χ3n) is 16.0. The first-order valence-corrected chi connectivity index (χ1v) is 30.1. The highest BCUT2D eigenvalue weighted by Crippen LogP contribution is 2.31. The topological polar surface area (TPSA) is 4.44 Å². The Kier molecular flexibility index (Phi) is 33.3. The molecule has 0 aromatic heterocycles. The van der Waals surface area contributed by atoms with Crippen molar-refractivity contribution in [2.45, 2.75) is 226 Å². The third kappa shape index (κ3) is 19.3. The molecule has 0 fully saturated rings. The lowest BCUT2D eigenvalue weighted by atomic mass is 9.12. The van der Waals surface area contributed by atoms with Crippen molar-refractivity contribution in [3.05, 3.63) is 116 Å². The summed E-state index contributed by atoms with van der Waals surface area (Å²) in [5.74, 6) is -71.4. The van der Waals surface area contributed by atoms with E-state index in [-0.39, 0.29) is 0 Å². The zero-order valence-corrected chi connectivity index (χ0v) is 48.4. The number of unbranched alkanes of at least 4 members (excludes halogenated alkanes) is 30. The Bertz CT molecular complexity index is 2230. The van der Waals surface area contributed by atoms with Crippen molar-refractivity contribution in [3.8, 4) is 0 Å². The van der Waals surface area contributed by atoms with Crippen LogP contribution in [0.5, 0.6) is 0 Å². The number of rotatable bonds is 39. The van der Waals surface area contributed by atoms with E-state index in [0.717, 1.165) is 0 Å². The van der Waals surface area contributed by atoms with Gasteiger partial charge < -0.3 is 4.90 Å². The second-order valence-electron chi connectivity index (χ2n) is 22.0. The van der Waals surface area contributed by atoms with E-state index in [1.54, 1.807) is 0 Å². The van der Waals surface area contributed by atoms with Gasteiger partial charge in [-0.25, -0.2) is 87.8 Å². The van der Waals surface area contributed by atoms with E-state index >= 15 is 35.1 Å². The van der Waals surface area contributed by atoms with Gasteiger partial charge in [0.1, 0.15) is 52.7 Å². The van der Waals surface area contributed by atoms with Crippen LogP contribution in [0.2, 0.25) is 0 Å². The van der Waals surface area contributed by atoms with Crippen LogP contribution in [0.4, 0.5) is 87.8 Å². The molecule has 0 heterocycles. The third-order valence-corrected chi connectivity index (χ3v) is 16.0. The monoisotopic (exact) mass is 1230 g/mol. The normalized spacial score (nSPS) is 11.9. The molecular formula is C62H80BF20N. The second kappa shape index (κ2) is 37.9. The van der Waals surface area contributed by atoms with Crippen LogP contribution < -0.4 is 26.8 Å². The van der Waals surface area contributed by atoms with Gasteiger partial charge in [0.05, 0.1) is 19.6 Å². The summed E-state index contributed by atoms with van der Waals surface area (Å²) in [7, 11) is 0. The predicted molar refractivity (Wildman–Crippen MR) is 290 cm³/mol. The fourth-order valence-corrected chi connectivity index (χ4v) is 11.2. The Morgan fingerprint density at radius 3 is 0.464 bits per heavy atom. The van der Waals surface area contributed by atoms with Gasteiger partial charge >= 0.3 is 0 Å². The average molecular weight is 1230 g/mol. The fraction of sp³-hybridized carbons (Fsp3) is 0.613. The highest BCUT2D eigenvalue weighted by atomic mass is 19.2. The molecular weight excluding hydrogens is 1150 g/mol. The standard InChI is InChI=1S/C38H79N.C24BF20/c1-4-7-9-11-13-15-17-19-21-23-25-27-29-31-33-35-37-39(6-3)38-36-34-32-30-28-26-24-22-20-18-16-14-12-10-8-5-2;26-5-1(6(27)14(35)21(42)13(5)34)25(2-7(28)15(36)22(43)16(37)8(2)29,3-9(30)17(38)23(44)18(39)10(3)31)4-11(32)19(40)24(45)20(41)12(4)33/h4-38H2,1-3H3;/q;-1/p+1. The summed E-state index contributed by atoms with van der Waals surface area (Å²) in [6.07, 6.45) is 39.9. The van der Waals surface area contributed by atoms with E-state index < -0.39 is 144 Å².